The van der Waals surface area contributed by atoms with Crippen molar-refractivity contribution in [3.05, 3.63) is 0 Å². The number of unbranched alkanes of at least 4 members (excludes halogenated alkanes) is 2. The van der Waals surface area contributed by atoms with E-state index >= 15 is 0 Å². The predicted octanol–water partition coefficient (Wildman–Crippen LogP) is -0.253. The van der Waals surface area contributed by atoms with Gasteiger partial charge < -0.3 is 5.32 Å². The van der Waals surface area contributed by atoms with Gasteiger partial charge in [-0.1, -0.05) is 6.42 Å². The van der Waals surface area contributed by atoms with Crippen LogP contribution in [0.15, 0.2) is 0 Å². The third kappa shape index (κ3) is 7.24. The summed E-state index contributed by atoms with van der Waals surface area (Å²) < 4.78 is 0. The number of hydrogen-bond acceptors (Lipinski definition) is 4. The average molecular weight is 256 g/mol. The first-order valence-electron chi connectivity index (χ1n) is 6.59. The normalized spacial score (nSPS) is 14.6. The molecule has 0 unspecified atom stereocenters. The molecule has 0 aromatic rings. The summed E-state index contributed by atoms with van der Waals surface area (Å²) in [7, 11) is 1.94. The molecule has 0 atom stereocenters. The van der Waals surface area contributed by atoms with E-state index in [1.165, 1.54) is 0 Å². The zero-order valence-corrected chi connectivity index (χ0v) is 11.1. The van der Waals surface area contributed by atoms with Crippen molar-refractivity contribution < 1.29 is 9.59 Å². The lowest BCUT2D eigenvalue weighted by atomic mass is 10.2. The average Bonchev–Trinajstić information content (AvgIpc) is 3.11. The number of hydrogen-bond donors (Lipinski definition) is 3. The van der Waals surface area contributed by atoms with Gasteiger partial charge in [0.25, 0.3) is 0 Å². The minimum atomic E-state index is -0.118. The molecule has 0 heterocycles. The van der Waals surface area contributed by atoms with Gasteiger partial charge in [0.05, 0.1) is 6.54 Å². The van der Waals surface area contributed by atoms with Gasteiger partial charge in [0.1, 0.15) is 0 Å². The van der Waals surface area contributed by atoms with Crippen LogP contribution in [-0.4, -0.2) is 42.9 Å². The number of carbonyl (C=O) groups excluding carboxylic acids is 2. The van der Waals surface area contributed by atoms with Crippen molar-refractivity contribution in [2.45, 2.75) is 44.6 Å². The van der Waals surface area contributed by atoms with Crippen LogP contribution in [0.3, 0.4) is 0 Å². The van der Waals surface area contributed by atoms with Crippen LogP contribution in [-0.2, 0) is 9.59 Å². The summed E-state index contributed by atoms with van der Waals surface area (Å²) in [5.74, 6) is 4.98. The van der Waals surface area contributed by atoms with E-state index in [9.17, 15) is 9.59 Å². The van der Waals surface area contributed by atoms with Gasteiger partial charge in [-0.25, -0.2) is 5.84 Å². The molecule has 0 saturated heterocycles. The molecule has 0 aromatic carbocycles. The molecule has 1 saturated carbocycles. The van der Waals surface area contributed by atoms with Gasteiger partial charge in [0.15, 0.2) is 0 Å². The quantitative estimate of drug-likeness (QED) is 0.230. The van der Waals surface area contributed by atoms with Crippen molar-refractivity contribution >= 4 is 11.8 Å². The number of nitrogens with one attached hydrogen (secondary N) is 2. The van der Waals surface area contributed by atoms with Crippen molar-refractivity contribution in [2.24, 2.45) is 5.84 Å². The highest BCUT2D eigenvalue weighted by Crippen LogP contribution is 2.18. The number of likely N-dealkylation sites (N-methyl/N-ethyl adjacent to an activating group) is 1. The van der Waals surface area contributed by atoms with Crippen molar-refractivity contribution in [3.8, 4) is 0 Å². The second kappa shape index (κ2) is 8.05. The van der Waals surface area contributed by atoms with Crippen LogP contribution in [0.5, 0.6) is 0 Å². The summed E-state index contributed by atoms with van der Waals surface area (Å²) in [5.41, 5.74) is 2.11. The molecule has 1 rings (SSSR count). The lowest BCUT2D eigenvalue weighted by molar-refractivity contribution is -0.122. The predicted molar refractivity (Wildman–Crippen MR) is 69.5 cm³/mol. The van der Waals surface area contributed by atoms with Crippen molar-refractivity contribution in [3.63, 3.8) is 0 Å². The Bertz CT molecular complexity index is 279. The van der Waals surface area contributed by atoms with E-state index in [-0.39, 0.29) is 11.8 Å². The van der Waals surface area contributed by atoms with E-state index in [1.54, 1.807) is 0 Å². The van der Waals surface area contributed by atoms with Gasteiger partial charge in [0.2, 0.25) is 11.8 Å². The van der Waals surface area contributed by atoms with E-state index in [0.717, 1.165) is 38.6 Å². The highest BCUT2D eigenvalue weighted by atomic mass is 16.2. The first-order chi connectivity index (χ1) is 8.61. The molecule has 0 radical (unpaired) electrons. The molecule has 0 bridgehead atoms. The van der Waals surface area contributed by atoms with Crippen molar-refractivity contribution in [1.29, 1.82) is 0 Å². The van der Waals surface area contributed by atoms with Crippen LogP contribution < -0.4 is 16.6 Å². The Morgan fingerprint density at radius 1 is 1.22 bits per heavy atom. The van der Waals surface area contributed by atoms with Gasteiger partial charge in [-0.2, -0.15) is 0 Å². The first kappa shape index (κ1) is 14.9. The summed E-state index contributed by atoms with van der Waals surface area (Å²) in [5, 5.41) is 2.96. The maximum atomic E-state index is 11.5. The van der Waals surface area contributed by atoms with Crippen LogP contribution in [0.2, 0.25) is 0 Å². The van der Waals surface area contributed by atoms with Crippen LogP contribution in [0.25, 0.3) is 0 Å². The summed E-state index contributed by atoms with van der Waals surface area (Å²) in [6.45, 7) is 1.34. The molecule has 104 valence electrons. The monoisotopic (exact) mass is 256 g/mol. The van der Waals surface area contributed by atoms with Gasteiger partial charge >= 0.3 is 0 Å². The van der Waals surface area contributed by atoms with Gasteiger partial charge in [-0.3, -0.25) is 19.9 Å². The zero-order valence-electron chi connectivity index (χ0n) is 11.1. The number of rotatable bonds is 9. The first-order valence-corrected chi connectivity index (χ1v) is 6.59. The molecule has 18 heavy (non-hydrogen) atoms. The highest BCUT2D eigenvalue weighted by Gasteiger charge is 2.23. The standard InChI is InChI=1S/C12H24N4O2/c1-16(9-12(18)14-10-6-7-10)8-4-2-3-5-11(17)15-13/h10H,2-9,13H2,1H3,(H,14,18)(H,15,17). The van der Waals surface area contributed by atoms with E-state index in [0.29, 0.717) is 19.0 Å². The molecule has 1 aliphatic rings. The summed E-state index contributed by atoms with van der Waals surface area (Å²) in [4.78, 5) is 24.4. The Hall–Kier alpha value is -1.14. The second-order valence-corrected chi connectivity index (χ2v) is 4.96. The number of nitrogens with zero attached hydrogens (tertiary/aromatic N) is 1. The SMILES string of the molecule is CN(CCCCCC(=O)NN)CC(=O)NC1CC1. The Kier molecular flexibility index (Phi) is 6.67. The molecule has 1 aliphatic carbocycles. The van der Waals surface area contributed by atoms with Crippen molar-refractivity contribution in [2.75, 3.05) is 20.1 Å². The van der Waals surface area contributed by atoms with Crippen LogP contribution >= 0.6 is 0 Å². The second-order valence-electron chi connectivity index (χ2n) is 4.96. The maximum Gasteiger partial charge on any atom is 0.234 e. The topological polar surface area (TPSA) is 87.5 Å². The molecule has 2 amide bonds. The number of hydrazine groups is 1. The maximum absolute atomic E-state index is 11.5. The molecule has 0 spiro atoms. The third-order valence-electron chi connectivity index (χ3n) is 2.96. The van der Waals surface area contributed by atoms with Crippen LogP contribution in [0, 0.1) is 0 Å². The van der Waals surface area contributed by atoms with E-state index in [2.05, 4.69) is 10.7 Å². The summed E-state index contributed by atoms with van der Waals surface area (Å²) in [6, 6.07) is 0.431. The minimum absolute atomic E-state index is 0.113. The van der Waals surface area contributed by atoms with Crippen molar-refractivity contribution in [1.82, 2.24) is 15.6 Å². The third-order valence-corrected chi connectivity index (χ3v) is 2.96. The van der Waals surface area contributed by atoms with E-state index in [1.807, 2.05) is 11.9 Å². The lowest BCUT2D eigenvalue weighted by Crippen LogP contribution is -2.36. The Morgan fingerprint density at radius 2 is 1.94 bits per heavy atom. The van der Waals surface area contributed by atoms with Crippen LogP contribution in [0.4, 0.5) is 0 Å². The Labute approximate surface area is 108 Å². The van der Waals surface area contributed by atoms with Gasteiger partial charge in [-0.05, 0) is 39.3 Å². The fourth-order valence-corrected chi connectivity index (χ4v) is 1.74. The van der Waals surface area contributed by atoms with Gasteiger partial charge in [-0.15, -0.1) is 0 Å². The lowest BCUT2D eigenvalue weighted by Gasteiger charge is -2.15. The highest BCUT2D eigenvalue weighted by molar-refractivity contribution is 5.78. The Balaban J connectivity index is 1.93. The molecular weight excluding hydrogens is 232 g/mol. The Morgan fingerprint density at radius 3 is 2.56 bits per heavy atom. The molecule has 6 nitrogen and oxygen atoms in total. The van der Waals surface area contributed by atoms with E-state index < -0.39 is 0 Å². The molecule has 1 fully saturated rings. The number of nitrogens with two attached hydrogens (primary N) is 1. The fraction of sp³-hybridized carbons (Fsp3) is 0.833. The molecule has 0 aliphatic heterocycles. The van der Waals surface area contributed by atoms with Gasteiger partial charge in [0, 0.05) is 12.5 Å². The summed E-state index contributed by atoms with van der Waals surface area (Å²) >= 11 is 0. The molecular formula is C12H24N4O2. The smallest absolute Gasteiger partial charge is 0.234 e. The summed E-state index contributed by atoms with van der Waals surface area (Å²) in [6.07, 6.45) is 5.53. The van der Waals surface area contributed by atoms with E-state index in [4.69, 9.17) is 5.84 Å². The largest absolute Gasteiger partial charge is 0.352 e. The van der Waals surface area contributed by atoms with Crippen LogP contribution in [0.1, 0.15) is 38.5 Å². The fourth-order valence-electron chi connectivity index (χ4n) is 1.74. The zero-order chi connectivity index (χ0) is 13.4. The minimum Gasteiger partial charge on any atom is -0.352 e. The molecule has 0 aromatic heterocycles. The number of carbonyl (C=O) groups is 2. The molecule has 4 N–H and O–H groups in total. The number of amides is 2. The molecule has 6 heteroatoms.